The molecule has 11 heteroatoms. The molecular formula is C101H59N9OS. The lowest BCUT2D eigenvalue weighted by Gasteiger charge is -2.11. The normalized spacial score (nSPS) is 11.9. The van der Waals surface area contributed by atoms with E-state index in [0.29, 0.717) is 23.0 Å². The van der Waals surface area contributed by atoms with E-state index in [1.165, 1.54) is 64.6 Å². The number of aromatic nitrogens is 8. The molecule has 10 nitrogen and oxygen atoms in total. The first-order valence-corrected chi connectivity index (χ1v) is 38.4. The monoisotopic (exact) mass is 1450 g/mol. The van der Waals surface area contributed by atoms with Crippen LogP contribution in [0.5, 0.6) is 0 Å². The van der Waals surface area contributed by atoms with E-state index in [2.05, 4.69) is 352 Å². The molecule has 0 atom stereocenters. The summed E-state index contributed by atoms with van der Waals surface area (Å²) >= 11 is 1.78. The van der Waals surface area contributed by atoms with Crippen molar-refractivity contribution in [2.45, 2.75) is 0 Å². The minimum absolute atomic E-state index is 0.574. The van der Waals surface area contributed by atoms with Gasteiger partial charge in [-0.25, -0.2) is 19.9 Å². The fourth-order valence-electron chi connectivity index (χ4n) is 17.3. The maximum Gasteiger partial charge on any atom is 0.236 e. The second kappa shape index (κ2) is 25.0. The van der Waals surface area contributed by atoms with E-state index in [4.69, 9.17) is 24.4 Å². The van der Waals surface area contributed by atoms with Crippen molar-refractivity contribution in [3.8, 4) is 74.1 Å². The minimum Gasteiger partial charge on any atom is -0.452 e. The molecule has 0 N–H and O–H groups in total. The zero-order valence-electron chi connectivity index (χ0n) is 59.9. The molecule has 0 radical (unpaired) electrons. The molecule has 0 aliphatic carbocycles. The number of benzene rings is 16. The van der Waals surface area contributed by atoms with Gasteiger partial charge in [-0.15, -0.1) is 11.3 Å². The Morgan fingerprint density at radius 2 is 0.661 bits per heavy atom. The topological polar surface area (TPSA) is 108 Å². The Kier molecular flexibility index (Phi) is 14.1. The first-order chi connectivity index (χ1) is 55.5. The summed E-state index contributed by atoms with van der Waals surface area (Å²) in [6.07, 6.45) is 0. The van der Waals surface area contributed by atoms with Gasteiger partial charge in [0.25, 0.3) is 0 Å². The van der Waals surface area contributed by atoms with Crippen molar-refractivity contribution in [2.24, 2.45) is 0 Å². The Hall–Kier alpha value is -15.1. The van der Waals surface area contributed by atoms with Crippen molar-refractivity contribution in [1.29, 1.82) is 5.26 Å². The van der Waals surface area contributed by atoms with Gasteiger partial charge >= 0.3 is 0 Å². The maximum absolute atomic E-state index is 9.38. The average molecular weight is 1450 g/mol. The van der Waals surface area contributed by atoms with Gasteiger partial charge < -0.3 is 13.6 Å². The standard InChI is InChI=1S/C51H29N5O.C50H30N4S/c52-30-31-18-20-32(21-19-31)35-22-24-40-47(29-35)57-50-48(36-23-25-45-41(27-36)38-14-6-8-16-43(38)55(45)37-12-2-1-3-13-37)53-51(54-49(40)50)56-44-17-9-7-15-39(44)42-26-33-10-4-5-11-34(33)28-46(42)56;1-3-13-31(14-4-1)34-23-25-39-46(30-34)55-49-47(35-24-26-44-40(28-35)37-19-9-11-21-42(37)53(44)36-17-5-2-6-18-36)51-50(52-48(39)49)54-43-22-12-10-20-38(43)41-27-32-15-7-8-16-33(32)29-45(41)54/h1-29H;1-30H. The van der Waals surface area contributed by atoms with E-state index < -0.39 is 0 Å². The number of hydrogen-bond acceptors (Lipinski definition) is 7. The molecule has 0 fully saturated rings. The van der Waals surface area contributed by atoms with Gasteiger partial charge in [-0.05, 0) is 171 Å². The zero-order chi connectivity index (χ0) is 73.6. The summed E-state index contributed by atoms with van der Waals surface area (Å²) < 4.78 is 18.3. The summed E-state index contributed by atoms with van der Waals surface area (Å²) in [5, 5.41) is 25.5. The Labute approximate surface area is 643 Å². The van der Waals surface area contributed by atoms with Gasteiger partial charge in [-0.1, -0.05) is 231 Å². The Morgan fingerprint density at radius 1 is 0.268 bits per heavy atom. The van der Waals surface area contributed by atoms with E-state index in [1.54, 1.807) is 11.3 Å². The van der Waals surface area contributed by atoms with Crippen molar-refractivity contribution in [1.82, 2.24) is 38.2 Å². The molecule has 112 heavy (non-hydrogen) atoms. The maximum atomic E-state index is 9.38. The minimum atomic E-state index is 0.574. The lowest BCUT2D eigenvalue weighted by Crippen LogP contribution is -2.03. The first-order valence-electron chi connectivity index (χ1n) is 37.5. The van der Waals surface area contributed by atoms with Crippen LogP contribution in [0, 0.1) is 11.3 Å². The zero-order valence-corrected chi connectivity index (χ0v) is 60.7. The van der Waals surface area contributed by atoms with Gasteiger partial charge in [-0.2, -0.15) is 5.26 Å². The van der Waals surface area contributed by atoms with Gasteiger partial charge in [0.1, 0.15) is 16.8 Å². The van der Waals surface area contributed by atoms with Crippen LogP contribution in [0.15, 0.2) is 362 Å². The number of fused-ring (bicyclic) bond motifs is 20. The van der Waals surface area contributed by atoms with Gasteiger partial charge in [0.15, 0.2) is 5.58 Å². The van der Waals surface area contributed by atoms with Gasteiger partial charge in [0.05, 0.1) is 71.7 Å². The molecule has 0 unspecified atom stereocenters. The Morgan fingerprint density at radius 3 is 1.19 bits per heavy atom. The molecule has 8 heterocycles. The van der Waals surface area contributed by atoms with E-state index in [1.807, 2.05) is 30.3 Å². The largest absolute Gasteiger partial charge is 0.452 e. The van der Waals surface area contributed by atoms with Crippen molar-refractivity contribution >= 4 is 162 Å². The third-order valence-corrected chi connectivity index (χ3v) is 23.6. The molecule has 0 spiro atoms. The second-order valence-electron chi connectivity index (χ2n) is 28.8. The third kappa shape index (κ3) is 9.89. The molecule has 520 valence electrons. The van der Waals surface area contributed by atoms with Gasteiger partial charge in [0, 0.05) is 81.1 Å². The Balaban J connectivity index is 0.000000134. The smallest absolute Gasteiger partial charge is 0.236 e. The molecule has 0 saturated carbocycles. The molecule has 24 aromatic rings. The molecule has 0 aliphatic heterocycles. The fourth-order valence-corrected chi connectivity index (χ4v) is 18.5. The molecule has 8 aromatic heterocycles. The van der Waals surface area contributed by atoms with Crippen LogP contribution < -0.4 is 0 Å². The van der Waals surface area contributed by atoms with Crippen LogP contribution in [0.2, 0.25) is 0 Å². The summed E-state index contributed by atoms with van der Waals surface area (Å²) in [4.78, 5) is 21.9. The van der Waals surface area contributed by atoms with Gasteiger partial charge in [0.2, 0.25) is 11.9 Å². The van der Waals surface area contributed by atoms with E-state index in [-0.39, 0.29) is 0 Å². The van der Waals surface area contributed by atoms with Crippen LogP contribution in [0.1, 0.15) is 5.56 Å². The lowest BCUT2D eigenvalue weighted by molar-refractivity contribution is 0.667. The summed E-state index contributed by atoms with van der Waals surface area (Å²) in [7, 11) is 0. The van der Waals surface area contributed by atoms with E-state index >= 15 is 0 Å². The number of para-hydroxylation sites is 6. The van der Waals surface area contributed by atoms with Crippen LogP contribution in [0.3, 0.4) is 0 Å². The number of rotatable bonds is 8. The average Bonchev–Trinajstić information content (AvgIpc) is 1.61. The number of nitriles is 1. The van der Waals surface area contributed by atoms with E-state index in [9.17, 15) is 5.26 Å². The first kappa shape index (κ1) is 63.0. The van der Waals surface area contributed by atoms with Crippen molar-refractivity contribution in [2.75, 3.05) is 0 Å². The fraction of sp³-hybridized carbons (Fsp3) is 0. The molecule has 0 saturated heterocycles. The summed E-state index contributed by atoms with van der Waals surface area (Å²) in [6.45, 7) is 0. The highest BCUT2D eigenvalue weighted by Crippen LogP contribution is 2.46. The van der Waals surface area contributed by atoms with Crippen LogP contribution >= 0.6 is 11.3 Å². The molecule has 24 rings (SSSR count). The van der Waals surface area contributed by atoms with Crippen LogP contribution in [-0.4, -0.2) is 38.2 Å². The third-order valence-electron chi connectivity index (χ3n) is 22.5. The molecule has 0 bridgehead atoms. The van der Waals surface area contributed by atoms with Crippen LogP contribution in [-0.2, 0) is 0 Å². The number of nitrogens with zero attached hydrogens (tertiary/aromatic N) is 9. The highest BCUT2D eigenvalue weighted by atomic mass is 32.1. The molecule has 16 aromatic carbocycles. The molecule has 0 aliphatic rings. The Bertz CT molecular complexity index is 8080. The number of thiophene rings is 1. The van der Waals surface area contributed by atoms with Crippen LogP contribution in [0.25, 0.3) is 219 Å². The van der Waals surface area contributed by atoms with Crippen molar-refractivity contribution in [3.05, 3.63) is 363 Å². The molecular weight excluding hydrogens is 1390 g/mol. The lowest BCUT2D eigenvalue weighted by atomic mass is 10.0. The highest BCUT2D eigenvalue weighted by Gasteiger charge is 2.26. The van der Waals surface area contributed by atoms with Crippen LogP contribution in [0.4, 0.5) is 0 Å². The summed E-state index contributed by atoms with van der Waals surface area (Å²) in [6, 6.07) is 129. The summed E-state index contributed by atoms with van der Waals surface area (Å²) in [5.74, 6) is 1.24. The predicted molar refractivity (Wildman–Crippen MR) is 463 cm³/mol. The second-order valence-corrected chi connectivity index (χ2v) is 29.8. The SMILES string of the molecule is N#Cc1ccc(-c2ccc3c(c2)oc2c(-c4ccc5c(c4)c4ccccc4n5-c4ccccc4)nc(-n4c5ccccc5c5cc6ccccc6cc54)nc23)cc1.c1ccc(-c2ccc3c(c2)sc2c(-c4ccc5c(c4)c4ccccc4n5-c4ccccc4)nc(-n4c5ccccc5c5cc6ccccc6cc54)nc23)cc1. The van der Waals surface area contributed by atoms with Crippen molar-refractivity contribution < 1.29 is 4.42 Å². The highest BCUT2D eigenvalue weighted by molar-refractivity contribution is 7.26. The quantitative estimate of drug-likeness (QED) is 0.150. The van der Waals surface area contributed by atoms with Gasteiger partial charge in [-0.3, -0.25) is 9.13 Å². The van der Waals surface area contributed by atoms with E-state index in [0.717, 1.165) is 137 Å². The van der Waals surface area contributed by atoms with Crippen molar-refractivity contribution in [3.63, 3.8) is 0 Å². The summed E-state index contributed by atoms with van der Waals surface area (Å²) in [5.41, 5.74) is 22.8. The number of hydrogen-bond donors (Lipinski definition) is 0. The number of furan rings is 1. The molecule has 0 amide bonds. The predicted octanol–water partition coefficient (Wildman–Crippen LogP) is 26.5.